The van der Waals surface area contributed by atoms with E-state index in [0.717, 1.165) is 0 Å². The van der Waals surface area contributed by atoms with Crippen molar-refractivity contribution in [3.63, 3.8) is 0 Å². The third-order valence-corrected chi connectivity index (χ3v) is 2.07. The second-order valence-corrected chi connectivity index (χ2v) is 3.39. The molecule has 0 unspecified atom stereocenters. The molecule has 0 aromatic heterocycles. The van der Waals surface area contributed by atoms with Gasteiger partial charge in [0.2, 0.25) is 0 Å². The van der Waals surface area contributed by atoms with Crippen molar-refractivity contribution in [1.82, 2.24) is 0 Å². The molecule has 0 aliphatic rings. The van der Waals surface area contributed by atoms with E-state index < -0.39 is 11.8 Å². The van der Waals surface area contributed by atoms with Crippen molar-refractivity contribution in [3.05, 3.63) is 83.3 Å². The molecule has 2 N–H and O–H groups in total. The minimum atomic E-state index is -0.629. The number of hydrogen-bond acceptors (Lipinski definition) is 2. The maximum atomic E-state index is 10.3. The van der Waals surface area contributed by atoms with Crippen molar-refractivity contribution in [3.8, 4) is 0 Å². The van der Waals surface area contributed by atoms with Crippen molar-refractivity contribution in [2.24, 2.45) is 0 Å². The van der Waals surface area contributed by atoms with E-state index in [9.17, 15) is 9.59 Å². The van der Waals surface area contributed by atoms with Gasteiger partial charge in [-0.1, -0.05) is 60.7 Å². The molecule has 0 aliphatic heterocycles. The number of nitrogens with one attached hydrogen (secondary N) is 2. The molecule has 0 radical (unpaired) electrons. The summed E-state index contributed by atoms with van der Waals surface area (Å²) >= 11 is 0. The standard InChI is InChI=1S/2C7H7NO.Dy/c2*8-7(9)6-4-2-1-3-5-6;/h2*1-5H,(H2,8,9);/p-2. The zero-order valence-corrected chi connectivity index (χ0v) is 11.9. The fourth-order valence-corrected chi connectivity index (χ4v) is 1.18. The molecule has 2 amide bonds. The second kappa shape index (κ2) is 9.57. The first-order chi connectivity index (χ1) is 8.61. The summed E-state index contributed by atoms with van der Waals surface area (Å²) in [5.74, 6) is -1.26. The second-order valence-electron chi connectivity index (χ2n) is 3.39. The van der Waals surface area contributed by atoms with Crippen LogP contribution >= 0.6 is 0 Å². The first-order valence-corrected chi connectivity index (χ1v) is 5.23. The number of carbonyl (C=O) groups is 2. The summed E-state index contributed by atoms with van der Waals surface area (Å²) in [6.07, 6.45) is 0. The Balaban J connectivity index is 0.000000324. The molecule has 5 heteroatoms. The Morgan fingerprint density at radius 2 is 0.895 bits per heavy atom. The number of amides is 2. The fraction of sp³-hybridized carbons (Fsp3) is 0. The van der Waals surface area contributed by atoms with E-state index in [-0.39, 0.29) is 38.2 Å². The topological polar surface area (TPSA) is 81.7 Å². The van der Waals surface area contributed by atoms with Crippen molar-refractivity contribution in [2.45, 2.75) is 0 Å². The molecule has 102 valence electrons. The average Bonchev–Trinajstić information content (AvgIpc) is 2.41. The molecule has 0 spiro atoms. The van der Waals surface area contributed by atoms with Gasteiger partial charge < -0.3 is 21.1 Å². The molecule has 2 aromatic carbocycles. The molecule has 0 saturated heterocycles. The van der Waals surface area contributed by atoms with Crippen LogP contribution in [-0.4, -0.2) is 11.8 Å². The predicted molar refractivity (Wildman–Crippen MR) is 70.2 cm³/mol. The zero-order chi connectivity index (χ0) is 13.4. The zero-order valence-electron chi connectivity index (χ0n) is 9.91. The fourth-order valence-electron chi connectivity index (χ4n) is 1.18. The molecule has 0 aliphatic carbocycles. The van der Waals surface area contributed by atoms with Crippen LogP contribution in [0.2, 0.25) is 0 Å². The summed E-state index contributed by atoms with van der Waals surface area (Å²) in [6, 6.07) is 17.1. The Morgan fingerprint density at radius 1 is 0.632 bits per heavy atom. The molecule has 0 atom stereocenters. The van der Waals surface area contributed by atoms with Gasteiger partial charge in [-0.3, -0.25) is 0 Å². The summed E-state index contributed by atoms with van der Waals surface area (Å²) in [5.41, 5.74) is 14.2. The van der Waals surface area contributed by atoms with E-state index >= 15 is 0 Å². The number of benzene rings is 2. The third-order valence-electron chi connectivity index (χ3n) is 2.07. The van der Waals surface area contributed by atoms with Gasteiger partial charge in [0.25, 0.3) is 0 Å². The van der Waals surface area contributed by atoms with Crippen LogP contribution in [0.4, 0.5) is 0 Å². The van der Waals surface area contributed by atoms with Crippen LogP contribution in [0.3, 0.4) is 0 Å². The van der Waals surface area contributed by atoms with E-state index in [2.05, 4.69) is 0 Å². The molecule has 4 nitrogen and oxygen atoms in total. The molecule has 2 rings (SSSR count). The third kappa shape index (κ3) is 6.97. The summed E-state index contributed by atoms with van der Waals surface area (Å²) in [4.78, 5) is 20.6. The number of hydrogen-bond donors (Lipinski definition) is 0. The quantitative estimate of drug-likeness (QED) is 0.766. The van der Waals surface area contributed by atoms with Gasteiger partial charge in [-0.2, -0.15) is 0 Å². The summed E-state index contributed by atoms with van der Waals surface area (Å²) in [5, 5.41) is 0. The van der Waals surface area contributed by atoms with Gasteiger partial charge in [-0.05, 0) is 11.1 Å². The molecule has 0 fully saturated rings. The minimum absolute atomic E-state index is 0. The first kappa shape index (κ1) is 17.7. The molecule has 19 heavy (non-hydrogen) atoms. The van der Waals surface area contributed by atoms with Crippen molar-refractivity contribution in [1.29, 1.82) is 0 Å². The SMILES string of the molecule is [Dy].[NH-]C(=O)c1ccccc1.[NH-]C(=O)c1ccccc1. The summed E-state index contributed by atoms with van der Waals surface area (Å²) in [6.45, 7) is 0. The van der Waals surface area contributed by atoms with Crippen molar-refractivity contribution >= 4 is 11.8 Å². The monoisotopic (exact) mass is 404 g/mol. The average molecular weight is 403 g/mol. The van der Waals surface area contributed by atoms with Gasteiger partial charge in [0.1, 0.15) is 0 Å². The normalized spacial score (nSPS) is 8.42. The first-order valence-electron chi connectivity index (χ1n) is 5.23. The Hall–Kier alpha value is -1.35. The Morgan fingerprint density at radius 3 is 1.05 bits per heavy atom. The Labute approximate surface area is 142 Å². The van der Waals surface area contributed by atoms with Gasteiger partial charge >= 0.3 is 0 Å². The van der Waals surface area contributed by atoms with Gasteiger partial charge in [0.05, 0.1) is 11.8 Å². The van der Waals surface area contributed by atoms with E-state index in [4.69, 9.17) is 11.5 Å². The van der Waals surface area contributed by atoms with E-state index in [1.165, 1.54) is 0 Å². The van der Waals surface area contributed by atoms with E-state index in [0.29, 0.717) is 11.1 Å². The van der Waals surface area contributed by atoms with Crippen LogP contribution in [-0.2, 0) is 0 Å². The van der Waals surface area contributed by atoms with Crippen LogP contribution in [0, 0.1) is 38.2 Å². The number of carbonyl (C=O) groups excluding carboxylic acids is 2. The molecular weight excluding hydrogens is 391 g/mol. The largest absolute Gasteiger partial charge is 0.664 e. The Bertz CT molecular complexity index is 466. The van der Waals surface area contributed by atoms with Crippen LogP contribution < -0.4 is 0 Å². The molecule has 0 bridgehead atoms. The van der Waals surface area contributed by atoms with E-state index in [1.807, 2.05) is 12.1 Å². The van der Waals surface area contributed by atoms with Crippen LogP contribution in [0.25, 0.3) is 11.5 Å². The summed E-state index contributed by atoms with van der Waals surface area (Å²) < 4.78 is 0. The van der Waals surface area contributed by atoms with Crippen LogP contribution in [0.5, 0.6) is 0 Å². The minimum Gasteiger partial charge on any atom is -0.664 e. The predicted octanol–water partition coefficient (Wildman–Crippen LogP) is 3.76. The Kier molecular flexibility index (Phi) is 8.89. The molecule has 0 heterocycles. The maximum Gasteiger partial charge on any atom is 0.0796 e. The van der Waals surface area contributed by atoms with Gasteiger partial charge in [-0.15, -0.1) is 0 Å². The van der Waals surface area contributed by atoms with Crippen molar-refractivity contribution in [2.75, 3.05) is 0 Å². The molecular formula is C14H12DyN2O2-2. The maximum absolute atomic E-state index is 10.3. The summed E-state index contributed by atoms with van der Waals surface area (Å²) in [7, 11) is 0. The molecule has 2 aromatic rings. The van der Waals surface area contributed by atoms with Crippen molar-refractivity contribution < 1.29 is 47.8 Å². The smallest absolute Gasteiger partial charge is 0.0796 e. The number of rotatable bonds is 2. The van der Waals surface area contributed by atoms with Gasteiger partial charge in [-0.25, -0.2) is 0 Å². The van der Waals surface area contributed by atoms with Gasteiger partial charge in [0.15, 0.2) is 0 Å². The van der Waals surface area contributed by atoms with Crippen LogP contribution in [0.1, 0.15) is 20.7 Å². The molecule has 0 saturated carbocycles. The van der Waals surface area contributed by atoms with E-state index in [1.54, 1.807) is 48.5 Å². The van der Waals surface area contributed by atoms with Gasteiger partial charge in [0, 0.05) is 38.2 Å². The van der Waals surface area contributed by atoms with Crippen LogP contribution in [0.15, 0.2) is 60.7 Å².